The minimum absolute atomic E-state index is 0.221. The number of morpholine rings is 1. The van der Waals surface area contributed by atoms with Gasteiger partial charge in [0.1, 0.15) is 17.2 Å². The predicted molar refractivity (Wildman–Crippen MR) is 117 cm³/mol. The van der Waals surface area contributed by atoms with Gasteiger partial charge in [0.25, 0.3) is 0 Å². The molecule has 7 heteroatoms. The van der Waals surface area contributed by atoms with E-state index in [9.17, 15) is 5.11 Å². The van der Waals surface area contributed by atoms with E-state index in [1.54, 1.807) is 0 Å². The molecule has 0 aromatic heterocycles. The summed E-state index contributed by atoms with van der Waals surface area (Å²) in [5.74, 6) is 1.76. The average Bonchev–Trinajstić information content (AvgIpc) is 3.24. The fourth-order valence-electron chi connectivity index (χ4n) is 6.52. The van der Waals surface area contributed by atoms with E-state index >= 15 is 0 Å². The van der Waals surface area contributed by atoms with Crippen molar-refractivity contribution < 1.29 is 28.8 Å². The summed E-state index contributed by atoms with van der Waals surface area (Å²) in [4.78, 5) is 2.33. The number of benzene rings is 1. The van der Waals surface area contributed by atoms with Crippen LogP contribution in [0.3, 0.4) is 0 Å². The van der Waals surface area contributed by atoms with Crippen molar-refractivity contribution >= 4 is 0 Å². The average molecular weight is 446 g/mol. The molecule has 3 fully saturated rings. The normalized spacial score (nSPS) is 40.6. The van der Waals surface area contributed by atoms with Crippen LogP contribution in [0.2, 0.25) is 0 Å². The van der Waals surface area contributed by atoms with Crippen LogP contribution in [0.25, 0.3) is 0 Å². The first-order chi connectivity index (χ1) is 15.3. The molecule has 0 radical (unpaired) electrons. The summed E-state index contributed by atoms with van der Waals surface area (Å²) < 4.78 is 31.1. The number of phenols is 1. The molecule has 0 aliphatic carbocycles. The molecule has 0 saturated carbocycles. The lowest BCUT2D eigenvalue weighted by Crippen LogP contribution is -2.47. The van der Waals surface area contributed by atoms with Crippen molar-refractivity contribution in [3.05, 3.63) is 16.7 Å². The zero-order valence-corrected chi connectivity index (χ0v) is 19.6. The van der Waals surface area contributed by atoms with Gasteiger partial charge in [-0.2, -0.15) is 0 Å². The smallest absolute Gasteiger partial charge is 0.211 e. The molecule has 0 spiro atoms. The summed E-state index contributed by atoms with van der Waals surface area (Å²) in [5, 5.41) is 11.6. The van der Waals surface area contributed by atoms with Crippen molar-refractivity contribution in [3.63, 3.8) is 0 Å². The second-order valence-electron chi connectivity index (χ2n) is 10.8. The largest absolute Gasteiger partial charge is 0.507 e. The van der Waals surface area contributed by atoms with Crippen LogP contribution < -0.4 is 9.47 Å². The van der Waals surface area contributed by atoms with E-state index in [1.165, 1.54) is 0 Å². The van der Waals surface area contributed by atoms with Crippen molar-refractivity contribution in [1.82, 2.24) is 4.90 Å². The summed E-state index contributed by atoms with van der Waals surface area (Å²) in [6.07, 6.45) is 1.58. The Morgan fingerprint density at radius 1 is 0.875 bits per heavy atom. The highest BCUT2D eigenvalue weighted by molar-refractivity contribution is 5.64. The van der Waals surface area contributed by atoms with Gasteiger partial charge in [-0.3, -0.25) is 4.90 Å². The Morgan fingerprint density at radius 3 is 2.06 bits per heavy atom. The minimum atomic E-state index is -0.674. The van der Waals surface area contributed by atoms with Crippen molar-refractivity contribution in [2.45, 2.75) is 58.7 Å². The highest BCUT2D eigenvalue weighted by Crippen LogP contribution is 2.57. The topological polar surface area (TPSA) is 69.6 Å². The van der Waals surface area contributed by atoms with Crippen LogP contribution >= 0.6 is 0 Å². The Labute approximate surface area is 189 Å². The summed E-state index contributed by atoms with van der Waals surface area (Å²) in [6.45, 7) is 13.7. The quantitative estimate of drug-likeness (QED) is 0.750. The van der Waals surface area contributed by atoms with Gasteiger partial charge in [-0.05, 0) is 24.7 Å². The van der Waals surface area contributed by atoms with E-state index in [2.05, 4.69) is 18.7 Å². The first-order valence-corrected chi connectivity index (χ1v) is 12.1. The van der Waals surface area contributed by atoms with E-state index < -0.39 is 11.6 Å². The van der Waals surface area contributed by atoms with Crippen molar-refractivity contribution in [2.75, 3.05) is 39.5 Å². The maximum absolute atomic E-state index is 11.6. The van der Waals surface area contributed by atoms with Gasteiger partial charge in [0, 0.05) is 56.4 Å². The molecule has 176 valence electrons. The second-order valence-corrected chi connectivity index (χ2v) is 10.8. The number of nitrogens with zero attached hydrogens (tertiary/aromatic N) is 1. The van der Waals surface area contributed by atoms with Crippen LogP contribution in [-0.4, -0.2) is 61.1 Å². The Morgan fingerprint density at radius 2 is 1.44 bits per heavy atom. The number of phenolic OH excluding ortho intramolecular Hbond substituents is 1. The molecule has 0 amide bonds. The van der Waals surface area contributed by atoms with Gasteiger partial charge in [-0.15, -0.1) is 0 Å². The molecule has 0 bridgehead atoms. The first kappa shape index (κ1) is 21.0. The number of ether oxygens (including phenoxy) is 5. The van der Waals surface area contributed by atoms with E-state index in [0.717, 1.165) is 54.1 Å². The van der Waals surface area contributed by atoms with Crippen LogP contribution in [0.1, 0.15) is 44.4 Å². The monoisotopic (exact) mass is 445 g/mol. The Balaban J connectivity index is 1.48. The molecule has 6 rings (SSSR count). The molecule has 3 saturated heterocycles. The van der Waals surface area contributed by atoms with Crippen molar-refractivity contribution in [2.24, 2.45) is 23.7 Å². The third-order valence-electron chi connectivity index (χ3n) is 8.60. The molecule has 5 aliphatic heterocycles. The Kier molecular flexibility index (Phi) is 4.75. The maximum atomic E-state index is 11.6. The molecule has 1 aromatic carbocycles. The summed E-state index contributed by atoms with van der Waals surface area (Å²) >= 11 is 0. The fourth-order valence-corrected chi connectivity index (χ4v) is 6.52. The molecular weight excluding hydrogens is 410 g/mol. The second kappa shape index (κ2) is 7.23. The van der Waals surface area contributed by atoms with Gasteiger partial charge < -0.3 is 28.8 Å². The molecular formula is C25H35NO6. The standard InChI is InChI=1S/C25H35NO6/c1-14-12-29-24(3)19(14)9-16-21(27)18(11-26-5-7-28-8-6-26)23-17(22(16)31-24)10-20-15(2)13-30-25(20,4)32-23/h14-15,19-20,27H,5-13H2,1-4H3. The van der Waals surface area contributed by atoms with Gasteiger partial charge in [-0.1, -0.05) is 13.8 Å². The Bertz CT molecular complexity index is 930. The van der Waals surface area contributed by atoms with Gasteiger partial charge in [0.05, 0.1) is 32.0 Å². The van der Waals surface area contributed by atoms with E-state index in [0.29, 0.717) is 50.6 Å². The lowest BCUT2D eigenvalue weighted by molar-refractivity contribution is -0.174. The summed E-state index contributed by atoms with van der Waals surface area (Å²) in [5.41, 5.74) is 2.86. The lowest BCUT2D eigenvalue weighted by atomic mass is 9.77. The number of fused-ring (bicyclic) bond motifs is 5. The molecule has 5 heterocycles. The number of aromatic hydroxyl groups is 1. The zero-order chi connectivity index (χ0) is 22.3. The molecule has 32 heavy (non-hydrogen) atoms. The fraction of sp³-hybridized carbons (Fsp3) is 0.760. The van der Waals surface area contributed by atoms with Crippen LogP contribution in [0.15, 0.2) is 0 Å². The van der Waals surface area contributed by atoms with E-state index in [-0.39, 0.29) is 11.8 Å². The lowest BCUT2D eigenvalue weighted by Gasteiger charge is -2.44. The zero-order valence-electron chi connectivity index (χ0n) is 19.6. The van der Waals surface area contributed by atoms with Crippen LogP contribution in [0.4, 0.5) is 0 Å². The molecule has 6 atom stereocenters. The highest BCUT2D eigenvalue weighted by atomic mass is 16.7. The summed E-state index contributed by atoms with van der Waals surface area (Å²) in [7, 11) is 0. The van der Waals surface area contributed by atoms with E-state index in [1.807, 2.05) is 13.8 Å². The summed E-state index contributed by atoms with van der Waals surface area (Å²) in [6, 6.07) is 0. The molecule has 1 N–H and O–H groups in total. The third-order valence-corrected chi connectivity index (χ3v) is 8.60. The van der Waals surface area contributed by atoms with Gasteiger partial charge >= 0.3 is 0 Å². The van der Waals surface area contributed by atoms with Gasteiger partial charge in [-0.25, -0.2) is 0 Å². The van der Waals surface area contributed by atoms with Crippen LogP contribution in [-0.2, 0) is 33.6 Å². The van der Waals surface area contributed by atoms with Crippen LogP contribution in [0, 0.1) is 23.7 Å². The Hall–Kier alpha value is -1.54. The molecule has 7 nitrogen and oxygen atoms in total. The molecule has 6 unspecified atom stereocenters. The third kappa shape index (κ3) is 3.01. The first-order valence-electron chi connectivity index (χ1n) is 12.1. The minimum Gasteiger partial charge on any atom is -0.507 e. The van der Waals surface area contributed by atoms with Gasteiger partial charge in [0.15, 0.2) is 0 Å². The number of hydrogen-bond acceptors (Lipinski definition) is 7. The number of hydrogen-bond donors (Lipinski definition) is 1. The van der Waals surface area contributed by atoms with E-state index in [4.69, 9.17) is 23.7 Å². The predicted octanol–water partition coefficient (Wildman–Crippen LogP) is 3.09. The van der Waals surface area contributed by atoms with Crippen molar-refractivity contribution in [1.29, 1.82) is 0 Å². The number of rotatable bonds is 2. The molecule has 5 aliphatic rings. The van der Waals surface area contributed by atoms with Crippen molar-refractivity contribution in [3.8, 4) is 17.2 Å². The SMILES string of the molecule is CC1COC2(C)Oc3c(c(O)c(CN4CCOCC4)c4c3CC3C(C)COC3(C)O4)CC12. The maximum Gasteiger partial charge on any atom is 0.211 e. The molecule has 1 aromatic rings. The van der Waals surface area contributed by atoms with Gasteiger partial charge in [0.2, 0.25) is 11.6 Å². The highest BCUT2D eigenvalue weighted by Gasteiger charge is 2.55. The van der Waals surface area contributed by atoms with Crippen LogP contribution in [0.5, 0.6) is 17.2 Å².